The van der Waals surface area contributed by atoms with Crippen molar-refractivity contribution in [2.45, 2.75) is 25.8 Å². The summed E-state index contributed by atoms with van der Waals surface area (Å²) in [6, 6.07) is 8.73. The Morgan fingerprint density at radius 2 is 2.14 bits per heavy atom. The van der Waals surface area contributed by atoms with E-state index >= 15 is 0 Å². The Morgan fingerprint density at radius 1 is 1.33 bits per heavy atom. The molecule has 2 aromatic rings. The lowest BCUT2D eigenvalue weighted by molar-refractivity contribution is 0.525. The van der Waals surface area contributed by atoms with Crippen molar-refractivity contribution >= 4 is 21.7 Å². The Kier molecular flexibility index (Phi) is 5.70. The molecule has 0 amide bonds. The van der Waals surface area contributed by atoms with Gasteiger partial charge < -0.3 is 11.1 Å². The molecule has 1 unspecified atom stereocenters. The van der Waals surface area contributed by atoms with E-state index in [0.29, 0.717) is 5.82 Å². The first-order valence-corrected chi connectivity index (χ1v) is 7.78. The number of nitrogens with two attached hydrogens (primary N) is 1. The van der Waals surface area contributed by atoms with Gasteiger partial charge in [-0.2, -0.15) is 0 Å². The summed E-state index contributed by atoms with van der Waals surface area (Å²) in [6.45, 7) is 3.02. The fraction of sp³-hybridized carbons (Fsp3) is 0.312. The van der Waals surface area contributed by atoms with Gasteiger partial charge in [0.15, 0.2) is 0 Å². The third-order valence-electron chi connectivity index (χ3n) is 3.26. The van der Waals surface area contributed by atoms with Gasteiger partial charge in [0.05, 0.1) is 0 Å². The molecule has 3 nitrogen and oxygen atoms in total. The van der Waals surface area contributed by atoms with E-state index in [-0.39, 0.29) is 11.9 Å². The van der Waals surface area contributed by atoms with Gasteiger partial charge in [0.2, 0.25) is 0 Å². The topological polar surface area (TPSA) is 50.9 Å². The lowest BCUT2D eigenvalue weighted by Gasteiger charge is -2.20. The van der Waals surface area contributed by atoms with E-state index < -0.39 is 0 Å². The standard InChI is InChI=1S/C16H19BrFN3/c1-2-6-20-15(8-11-5-7-21-16(19)9-11)13-4-3-12(18)10-14(13)17/h3-5,7,9-10,15,20H,2,6,8H2,1H3,(H2,19,21). The quantitative estimate of drug-likeness (QED) is 0.830. The fourth-order valence-corrected chi connectivity index (χ4v) is 2.88. The molecule has 5 heteroatoms. The molecule has 0 fully saturated rings. The molecule has 1 atom stereocenters. The molecule has 3 N–H and O–H groups in total. The zero-order valence-corrected chi connectivity index (χ0v) is 13.5. The van der Waals surface area contributed by atoms with Crippen LogP contribution in [0, 0.1) is 5.82 Å². The van der Waals surface area contributed by atoms with Crippen molar-refractivity contribution in [3.63, 3.8) is 0 Å². The van der Waals surface area contributed by atoms with E-state index in [4.69, 9.17) is 5.73 Å². The molecule has 0 saturated heterocycles. The molecule has 1 aromatic heterocycles. The number of hydrogen-bond acceptors (Lipinski definition) is 3. The van der Waals surface area contributed by atoms with Gasteiger partial charge in [-0.15, -0.1) is 0 Å². The number of pyridine rings is 1. The number of hydrogen-bond donors (Lipinski definition) is 2. The van der Waals surface area contributed by atoms with E-state index in [1.165, 1.54) is 12.1 Å². The van der Waals surface area contributed by atoms with Crippen molar-refractivity contribution in [1.82, 2.24) is 10.3 Å². The largest absolute Gasteiger partial charge is 0.384 e. The van der Waals surface area contributed by atoms with Crippen LogP contribution in [0.4, 0.5) is 10.2 Å². The minimum absolute atomic E-state index is 0.0988. The minimum Gasteiger partial charge on any atom is -0.384 e. The number of nitrogen functional groups attached to an aromatic ring is 1. The van der Waals surface area contributed by atoms with Crippen molar-refractivity contribution in [1.29, 1.82) is 0 Å². The molecule has 0 bridgehead atoms. The maximum Gasteiger partial charge on any atom is 0.124 e. The zero-order chi connectivity index (χ0) is 15.2. The predicted octanol–water partition coefficient (Wildman–Crippen LogP) is 3.85. The molecule has 0 saturated carbocycles. The van der Waals surface area contributed by atoms with Gasteiger partial charge in [-0.05, 0) is 54.8 Å². The normalized spacial score (nSPS) is 12.3. The van der Waals surface area contributed by atoms with Gasteiger partial charge in [-0.3, -0.25) is 0 Å². The average molecular weight is 352 g/mol. The zero-order valence-electron chi connectivity index (χ0n) is 11.9. The summed E-state index contributed by atoms with van der Waals surface area (Å²) >= 11 is 3.45. The monoisotopic (exact) mass is 351 g/mol. The molecule has 0 spiro atoms. The first kappa shape index (κ1) is 15.9. The van der Waals surface area contributed by atoms with E-state index in [0.717, 1.165) is 35.0 Å². The first-order valence-electron chi connectivity index (χ1n) is 6.99. The van der Waals surface area contributed by atoms with Crippen molar-refractivity contribution < 1.29 is 4.39 Å². The summed E-state index contributed by atoms with van der Waals surface area (Å²) in [6.07, 6.45) is 3.52. The van der Waals surface area contributed by atoms with Crippen LogP contribution < -0.4 is 11.1 Å². The molecule has 21 heavy (non-hydrogen) atoms. The van der Waals surface area contributed by atoms with Gasteiger partial charge >= 0.3 is 0 Å². The molecule has 112 valence electrons. The minimum atomic E-state index is -0.243. The van der Waals surface area contributed by atoms with Crippen LogP contribution in [0.5, 0.6) is 0 Å². The highest BCUT2D eigenvalue weighted by Crippen LogP contribution is 2.27. The first-order chi connectivity index (χ1) is 10.1. The van der Waals surface area contributed by atoms with Gasteiger partial charge in [0, 0.05) is 16.7 Å². The second-order valence-electron chi connectivity index (χ2n) is 4.97. The smallest absolute Gasteiger partial charge is 0.124 e. The van der Waals surface area contributed by atoms with Crippen LogP contribution in [-0.2, 0) is 6.42 Å². The molecule has 0 aliphatic carbocycles. The Bertz CT molecular complexity index is 604. The van der Waals surface area contributed by atoms with Crippen molar-refractivity contribution in [2.24, 2.45) is 0 Å². The second kappa shape index (κ2) is 7.52. The number of benzene rings is 1. The summed E-state index contributed by atoms with van der Waals surface area (Å²) < 4.78 is 14.0. The summed E-state index contributed by atoms with van der Waals surface area (Å²) in [5, 5.41) is 3.50. The number of rotatable bonds is 6. The Labute approximate surface area is 132 Å². The Hall–Kier alpha value is -1.46. The van der Waals surface area contributed by atoms with Crippen LogP contribution in [0.2, 0.25) is 0 Å². The fourth-order valence-electron chi connectivity index (χ4n) is 2.25. The third kappa shape index (κ3) is 4.51. The van der Waals surface area contributed by atoms with Crippen LogP contribution in [0.3, 0.4) is 0 Å². The molecule has 0 aliphatic heterocycles. The van der Waals surface area contributed by atoms with Gasteiger partial charge in [-0.1, -0.05) is 28.9 Å². The van der Waals surface area contributed by atoms with Gasteiger partial charge in [-0.25, -0.2) is 9.37 Å². The summed E-state index contributed by atoms with van der Waals surface area (Å²) in [4.78, 5) is 4.01. The maximum absolute atomic E-state index is 13.3. The second-order valence-corrected chi connectivity index (χ2v) is 5.82. The Balaban J connectivity index is 2.25. The van der Waals surface area contributed by atoms with Gasteiger partial charge in [0.25, 0.3) is 0 Å². The van der Waals surface area contributed by atoms with Crippen molar-refractivity contribution in [3.8, 4) is 0 Å². The Morgan fingerprint density at radius 3 is 2.81 bits per heavy atom. The maximum atomic E-state index is 13.3. The van der Waals surface area contributed by atoms with Crippen LogP contribution in [0.25, 0.3) is 0 Å². The summed E-state index contributed by atoms with van der Waals surface area (Å²) in [7, 11) is 0. The van der Waals surface area contributed by atoms with Crippen LogP contribution in [0.1, 0.15) is 30.5 Å². The van der Waals surface area contributed by atoms with E-state index in [2.05, 4.69) is 33.2 Å². The molecule has 0 radical (unpaired) electrons. The lowest BCUT2D eigenvalue weighted by atomic mass is 9.99. The number of aromatic nitrogens is 1. The highest BCUT2D eigenvalue weighted by molar-refractivity contribution is 9.10. The van der Waals surface area contributed by atoms with E-state index in [1.807, 2.05) is 18.2 Å². The van der Waals surface area contributed by atoms with E-state index in [1.54, 1.807) is 6.20 Å². The van der Waals surface area contributed by atoms with Crippen LogP contribution >= 0.6 is 15.9 Å². The van der Waals surface area contributed by atoms with Crippen molar-refractivity contribution in [2.75, 3.05) is 12.3 Å². The summed E-state index contributed by atoms with van der Waals surface area (Å²) in [5.41, 5.74) is 7.88. The molecule has 1 heterocycles. The number of nitrogens with zero attached hydrogens (tertiary/aromatic N) is 1. The predicted molar refractivity (Wildman–Crippen MR) is 87.5 cm³/mol. The number of anilines is 1. The van der Waals surface area contributed by atoms with Gasteiger partial charge in [0.1, 0.15) is 11.6 Å². The number of halogens is 2. The lowest BCUT2D eigenvalue weighted by Crippen LogP contribution is -2.24. The molecular weight excluding hydrogens is 333 g/mol. The molecule has 0 aliphatic rings. The van der Waals surface area contributed by atoms with E-state index in [9.17, 15) is 4.39 Å². The molecular formula is C16H19BrFN3. The highest BCUT2D eigenvalue weighted by atomic mass is 79.9. The number of nitrogens with one attached hydrogen (secondary N) is 1. The average Bonchev–Trinajstić information content (AvgIpc) is 2.44. The van der Waals surface area contributed by atoms with Crippen LogP contribution in [-0.4, -0.2) is 11.5 Å². The van der Waals surface area contributed by atoms with Crippen molar-refractivity contribution in [3.05, 3.63) is 57.9 Å². The highest BCUT2D eigenvalue weighted by Gasteiger charge is 2.15. The SMILES string of the molecule is CCCNC(Cc1ccnc(N)c1)c1ccc(F)cc1Br. The molecule has 2 rings (SSSR count). The summed E-state index contributed by atoms with van der Waals surface area (Å²) in [5.74, 6) is 0.271. The third-order valence-corrected chi connectivity index (χ3v) is 3.95. The molecule has 1 aromatic carbocycles. The van der Waals surface area contributed by atoms with Crippen LogP contribution in [0.15, 0.2) is 41.0 Å².